The Kier molecular flexibility index (Phi) is 5.42. The quantitative estimate of drug-likeness (QED) is 0.861. The molecular formula is C16H22BrN3O. The smallest absolute Gasteiger partial charge is 0.119 e. The van der Waals surface area contributed by atoms with Crippen LogP contribution in [0, 0.1) is 13.8 Å². The van der Waals surface area contributed by atoms with Crippen LogP contribution in [0.3, 0.4) is 0 Å². The van der Waals surface area contributed by atoms with E-state index < -0.39 is 0 Å². The summed E-state index contributed by atoms with van der Waals surface area (Å²) in [5, 5.41) is 4.57. The minimum absolute atomic E-state index is 0.0612. The third-order valence-corrected chi connectivity index (χ3v) is 4.16. The van der Waals surface area contributed by atoms with Crippen LogP contribution in [0.4, 0.5) is 0 Å². The lowest BCUT2D eigenvalue weighted by Gasteiger charge is -2.11. The predicted molar refractivity (Wildman–Crippen MR) is 88.6 cm³/mol. The number of halogens is 1. The van der Waals surface area contributed by atoms with Crippen molar-refractivity contribution in [3.63, 3.8) is 0 Å². The molecule has 1 unspecified atom stereocenters. The highest BCUT2D eigenvalue weighted by atomic mass is 79.9. The molecule has 5 heteroatoms. The van der Waals surface area contributed by atoms with Crippen LogP contribution >= 0.6 is 15.9 Å². The summed E-state index contributed by atoms with van der Waals surface area (Å²) >= 11 is 3.41. The maximum atomic E-state index is 6.15. The molecule has 4 nitrogen and oxygen atoms in total. The fourth-order valence-electron chi connectivity index (χ4n) is 2.45. The first-order chi connectivity index (χ1) is 10.0. The van der Waals surface area contributed by atoms with E-state index in [0.717, 1.165) is 34.6 Å². The lowest BCUT2D eigenvalue weighted by molar-refractivity contribution is 0.289. The summed E-state index contributed by atoms with van der Waals surface area (Å²) in [7, 11) is 0. The van der Waals surface area contributed by atoms with Gasteiger partial charge in [-0.05, 0) is 44.5 Å². The Morgan fingerprint density at radius 2 is 1.95 bits per heavy atom. The summed E-state index contributed by atoms with van der Waals surface area (Å²) < 4.78 is 8.78. The van der Waals surface area contributed by atoms with Crippen LogP contribution < -0.4 is 10.5 Å². The summed E-state index contributed by atoms with van der Waals surface area (Å²) in [5.74, 6) is 0.866. The Morgan fingerprint density at radius 1 is 1.29 bits per heavy atom. The third kappa shape index (κ3) is 3.86. The SMILES string of the molecule is CCC(N)c1c(C)nn(CCOc2ccc(Br)cc2)c1C. The molecule has 0 amide bonds. The fourth-order valence-corrected chi connectivity index (χ4v) is 2.71. The van der Waals surface area contributed by atoms with E-state index in [1.165, 1.54) is 5.56 Å². The van der Waals surface area contributed by atoms with Crippen LogP contribution in [-0.2, 0) is 6.54 Å². The van der Waals surface area contributed by atoms with Gasteiger partial charge in [0.15, 0.2) is 0 Å². The van der Waals surface area contributed by atoms with Crippen LogP contribution in [-0.4, -0.2) is 16.4 Å². The van der Waals surface area contributed by atoms with Gasteiger partial charge in [-0.15, -0.1) is 0 Å². The van der Waals surface area contributed by atoms with Crippen LogP contribution in [0.25, 0.3) is 0 Å². The van der Waals surface area contributed by atoms with Gasteiger partial charge in [-0.3, -0.25) is 4.68 Å². The van der Waals surface area contributed by atoms with Gasteiger partial charge in [-0.1, -0.05) is 22.9 Å². The third-order valence-electron chi connectivity index (χ3n) is 3.63. The first kappa shape index (κ1) is 16.0. The maximum absolute atomic E-state index is 6.15. The van der Waals surface area contributed by atoms with Gasteiger partial charge in [-0.25, -0.2) is 0 Å². The van der Waals surface area contributed by atoms with Gasteiger partial charge >= 0.3 is 0 Å². The topological polar surface area (TPSA) is 53.1 Å². The van der Waals surface area contributed by atoms with E-state index >= 15 is 0 Å². The molecule has 1 heterocycles. The Bertz CT molecular complexity index is 592. The predicted octanol–water partition coefficient (Wildman–Crippen LogP) is 3.75. The molecule has 21 heavy (non-hydrogen) atoms. The molecule has 0 aliphatic rings. The molecule has 1 aromatic heterocycles. The molecule has 0 spiro atoms. The van der Waals surface area contributed by atoms with Gasteiger partial charge in [0, 0.05) is 21.8 Å². The van der Waals surface area contributed by atoms with Gasteiger partial charge in [-0.2, -0.15) is 5.10 Å². The van der Waals surface area contributed by atoms with Crippen molar-refractivity contribution in [3.05, 3.63) is 45.7 Å². The van der Waals surface area contributed by atoms with E-state index in [1.54, 1.807) is 0 Å². The van der Waals surface area contributed by atoms with Crippen molar-refractivity contribution >= 4 is 15.9 Å². The van der Waals surface area contributed by atoms with Crippen molar-refractivity contribution < 1.29 is 4.74 Å². The normalized spacial score (nSPS) is 12.4. The zero-order valence-electron chi connectivity index (χ0n) is 12.8. The number of aromatic nitrogens is 2. The van der Waals surface area contributed by atoms with Crippen LogP contribution in [0.15, 0.2) is 28.7 Å². The average Bonchev–Trinajstić information content (AvgIpc) is 2.75. The molecule has 0 bridgehead atoms. The molecular weight excluding hydrogens is 330 g/mol. The molecule has 0 aliphatic carbocycles. The number of aryl methyl sites for hydroxylation is 1. The average molecular weight is 352 g/mol. The second-order valence-corrected chi connectivity index (χ2v) is 6.04. The molecule has 114 valence electrons. The molecule has 0 aliphatic heterocycles. The highest BCUT2D eigenvalue weighted by molar-refractivity contribution is 9.10. The molecule has 0 radical (unpaired) electrons. The fraction of sp³-hybridized carbons (Fsp3) is 0.438. The zero-order chi connectivity index (χ0) is 15.4. The minimum Gasteiger partial charge on any atom is -0.492 e. The van der Waals surface area contributed by atoms with Crippen LogP contribution in [0.5, 0.6) is 5.75 Å². The number of rotatable bonds is 6. The molecule has 2 rings (SSSR count). The molecule has 1 aromatic carbocycles. The standard InChI is InChI=1S/C16H22BrN3O/c1-4-15(18)16-11(2)19-20(12(16)3)9-10-21-14-7-5-13(17)6-8-14/h5-8,15H,4,9-10,18H2,1-3H3. The van der Waals surface area contributed by atoms with E-state index in [9.17, 15) is 0 Å². The van der Waals surface area contributed by atoms with E-state index in [4.69, 9.17) is 10.5 Å². The number of ether oxygens (including phenoxy) is 1. The number of hydrogen-bond donors (Lipinski definition) is 1. The Morgan fingerprint density at radius 3 is 2.57 bits per heavy atom. The highest BCUT2D eigenvalue weighted by Gasteiger charge is 2.16. The summed E-state index contributed by atoms with van der Waals surface area (Å²) in [4.78, 5) is 0. The van der Waals surface area contributed by atoms with E-state index in [2.05, 4.69) is 34.9 Å². The molecule has 2 N–H and O–H groups in total. The number of nitrogens with two attached hydrogens (primary N) is 1. The number of hydrogen-bond acceptors (Lipinski definition) is 3. The van der Waals surface area contributed by atoms with Gasteiger partial charge in [0.05, 0.1) is 12.2 Å². The minimum atomic E-state index is 0.0612. The molecule has 2 aromatic rings. The Hall–Kier alpha value is -1.33. The largest absolute Gasteiger partial charge is 0.492 e. The summed E-state index contributed by atoms with van der Waals surface area (Å²) in [6, 6.07) is 7.90. The van der Waals surface area contributed by atoms with Crippen molar-refractivity contribution in [2.75, 3.05) is 6.61 Å². The highest BCUT2D eigenvalue weighted by Crippen LogP contribution is 2.22. The van der Waals surface area contributed by atoms with Crippen molar-refractivity contribution in [1.29, 1.82) is 0 Å². The van der Waals surface area contributed by atoms with Gasteiger partial charge in [0.2, 0.25) is 0 Å². The lowest BCUT2D eigenvalue weighted by atomic mass is 10.0. The first-order valence-electron chi connectivity index (χ1n) is 7.20. The van der Waals surface area contributed by atoms with Crippen molar-refractivity contribution in [2.45, 2.75) is 39.8 Å². The summed E-state index contributed by atoms with van der Waals surface area (Å²) in [6.07, 6.45) is 0.919. The van der Waals surface area contributed by atoms with Gasteiger partial charge < -0.3 is 10.5 Å². The van der Waals surface area contributed by atoms with Crippen LogP contribution in [0.2, 0.25) is 0 Å². The summed E-state index contributed by atoms with van der Waals surface area (Å²) in [6.45, 7) is 7.50. The van der Waals surface area contributed by atoms with E-state index in [1.807, 2.05) is 35.9 Å². The van der Waals surface area contributed by atoms with Crippen molar-refractivity contribution in [2.24, 2.45) is 5.73 Å². The first-order valence-corrected chi connectivity index (χ1v) is 8.00. The van der Waals surface area contributed by atoms with Gasteiger partial charge in [0.1, 0.15) is 12.4 Å². The lowest BCUT2D eigenvalue weighted by Crippen LogP contribution is -2.13. The van der Waals surface area contributed by atoms with Crippen molar-refractivity contribution in [1.82, 2.24) is 9.78 Å². The van der Waals surface area contributed by atoms with E-state index in [0.29, 0.717) is 6.61 Å². The Balaban J connectivity index is 1.99. The maximum Gasteiger partial charge on any atom is 0.119 e. The van der Waals surface area contributed by atoms with Crippen molar-refractivity contribution in [3.8, 4) is 5.75 Å². The molecule has 0 saturated heterocycles. The monoisotopic (exact) mass is 351 g/mol. The number of nitrogens with zero attached hydrogens (tertiary/aromatic N) is 2. The second kappa shape index (κ2) is 7.09. The second-order valence-electron chi connectivity index (χ2n) is 5.12. The van der Waals surface area contributed by atoms with E-state index in [-0.39, 0.29) is 6.04 Å². The molecule has 0 saturated carbocycles. The van der Waals surface area contributed by atoms with Crippen LogP contribution in [0.1, 0.15) is 36.3 Å². The summed E-state index contributed by atoms with van der Waals surface area (Å²) in [5.41, 5.74) is 9.48. The zero-order valence-corrected chi connectivity index (χ0v) is 14.4. The molecule has 1 atom stereocenters. The Labute approximate surface area is 134 Å². The van der Waals surface area contributed by atoms with Gasteiger partial charge in [0.25, 0.3) is 0 Å². The molecule has 0 fully saturated rings. The number of benzene rings is 1.